The predicted octanol–water partition coefficient (Wildman–Crippen LogP) is 3.52. The lowest BCUT2D eigenvalue weighted by Gasteiger charge is -2.26. The Balaban J connectivity index is 2.00. The molecule has 0 bridgehead atoms. The number of ether oxygens (including phenoxy) is 1. The number of aliphatic imine (C=N–C) groups is 1. The van der Waals surface area contributed by atoms with Crippen LogP contribution in [-0.4, -0.2) is 78.4 Å². The average molecular weight is 504 g/mol. The van der Waals surface area contributed by atoms with Gasteiger partial charge in [-0.05, 0) is 57.6 Å². The van der Waals surface area contributed by atoms with E-state index in [1.807, 2.05) is 61.9 Å². The van der Waals surface area contributed by atoms with Gasteiger partial charge < -0.3 is 25.2 Å². The number of carbonyl (C=O) groups is 1. The summed E-state index contributed by atoms with van der Waals surface area (Å²) in [6.45, 7) is 10.6. The number of hydrogen-bond donors (Lipinski definition) is 2. The fraction of sp³-hybridized carbons (Fsp3) is 0.269. The summed E-state index contributed by atoms with van der Waals surface area (Å²) in [5, 5.41) is 6.09. The predicted molar refractivity (Wildman–Crippen MR) is 149 cm³/mol. The van der Waals surface area contributed by atoms with Crippen molar-refractivity contribution in [2.24, 2.45) is 4.99 Å². The minimum absolute atomic E-state index is 0.307. The standard InChI is InChI=1S/C26H33N9O2/c1-8-24(36)30-19-15-20(23(37-7)16-22(19)34(6)14-13-33(4)5)31-25-28-17-29-26(32-25)35-12-10-18(2)21(35)9-11-27-3/h8-12,15-17H,1,3,13-14H2,2,4-7H3,(H,30,36)(H,28,29,31,32)/b11-9-. The zero-order chi connectivity index (χ0) is 26.9. The topological polar surface area (TPSA) is 113 Å². The molecular weight excluding hydrogens is 470 g/mol. The molecule has 3 rings (SSSR count). The second kappa shape index (κ2) is 12.5. The molecule has 0 unspecified atom stereocenters. The molecule has 2 aromatic heterocycles. The normalized spacial score (nSPS) is 11.0. The number of methoxy groups -OCH3 is 1. The van der Waals surface area contributed by atoms with Gasteiger partial charge in [-0.1, -0.05) is 6.58 Å². The zero-order valence-electron chi connectivity index (χ0n) is 21.9. The number of aryl methyl sites for hydroxylation is 1. The van der Waals surface area contributed by atoms with Gasteiger partial charge in [-0.2, -0.15) is 4.98 Å². The summed E-state index contributed by atoms with van der Waals surface area (Å²) in [5.74, 6) is 0.968. The van der Waals surface area contributed by atoms with Crippen LogP contribution in [0.15, 0.2) is 54.6 Å². The van der Waals surface area contributed by atoms with Gasteiger partial charge in [0, 0.05) is 38.6 Å². The molecule has 194 valence electrons. The Labute approximate surface area is 217 Å². The van der Waals surface area contributed by atoms with Gasteiger partial charge >= 0.3 is 0 Å². The number of hydrogen-bond acceptors (Lipinski definition) is 9. The van der Waals surface area contributed by atoms with Crippen molar-refractivity contribution in [1.29, 1.82) is 0 Å². The molecule has 0 radical (unpaired) electrons. The van der Waals surface area contributed by atoms with E-state index in [0.717, 1.165) is 30.0 Å². The monoisotopic (exact) mass is 503 g/mol. The van der Waals surface area contributed by atoms with Gasteiger partial charge in [0.1, 0.15) is 12.1 Å². The van der Waals surface area contributed by atoms with Crippen molar-refractivity contribution in [1.82, 2.24) is 24.4 Å². The van der Waals surface area contributed by atoms with Crippen LogP contribution in [0.5, 0.6) is 5.75 Å². The number of likely N-dealkylation sites (N-methyl/N-ethyl adjacent to an activating group) is 2. The first-order valence-electron chi connectivity index (χ1n) is 11.6. The number of rotatable bonds is 12. The first-order chi connectivity index (χ1) is 17.8. The first kappa shape index (κ1) is 27.1. The van der Waals surface area contributed by atoms with Crippen LogP contribution in [-0.2, 0) is 4.79 Å². The summed E-state index contributed by atoms with van der Waals surface area (Å²) in [4.78, 5) is 33.3. The van der Waals surface area contributed by atoms with Crippen molar-refractivity contribution in [2.75, 3.05) is 56.9 Å². The van der Waals surface area contributed by atoms with Gasteiger partial charge in [0.05, 0.1) is 29.9 Å². The van der Waals surface area contributed by atoms with E-state index in [0.29, 0.717) is 29.0 Å². The van der Waals surface area contributed by atoms with Crippen LogP contribution >= 0.6 is 0 Å². The number of anilines is 4. The second-order valence-corrected chi connectivity index (χ2v) is 8.47. The molecule has 0 aliphatic carbocycles. The van der Waals surface area contributed by atoms with Crippen LogP contribution in [0.2, 0.25) is 0 Å². The third-order valence-electron chi connectivity index (χ3n) is 5.55. The van der Waals surface area contributed by atoms with Crippen molar-refractivity contribution < 1.29 is 9.53 Å². The van der Waals surface area contributed by atoms with E-state index in [9.17, 15) is 4.79 Å². The molecule has 0 atom stereocenters. The lowest BCUT2D eigenvalue weighted by Crippen LogP contribution is -2.29. The Morgan fingerprint density at radius 1 is 1.22 bits per heavy atom. The number of nitrogens with zero attached hydrogens (tertiary/aromatic N) is 7. The molecule has 0 spiro atoms. The first-order valence-corrected chi connectivity index (χ1v) is 11.6. The molecule has 2 N–H and O–H groups in total. The maximum Gasteiger partial charge on any atom is 0.247 e. The molecule has 37 heavy (non-hydrogen) atoms. The Bertz CT molecular complexity index is 1300. The fourth-order valence-electron chi connectivity index (χ4n) is 3.54. The van der Waals surface area contributed by atoms with Crippen molar-refractivity contribution in [3.63, 3.8) is 0 Å². The van der Waals surface area contributed by atoms with Gasteiger partial charge in [-0.15, -0.1) is 0 Å². The molecule has 0 aliphatic heterocycles. The molecule has 0 saturated heterocycles. The van der Waals surface area contributed by atoms with E-state index in [1.165, 1.54) is 12.4 Å². The lowest BCUT2D eigenvalue weighted by molar-refractivity contribution is -0.111. The molecule has 11 nitrogen and oxygen atoms in total. The molecule has 11 heteroatoms. The van der Waals surface area contributed by atoms with Crippen molar-refractivity contribution >= 4 is 41.7 Å². The summed E-state index contributed by atoms with van der Waals surface area (Å²) in [7, 11) is 7.56. The van der Waals surface area contributed by atoms with Crippen molar-refractivity contribution in [2.45, 2.75) is 6.92 Å². The second-order valence-electron chi connectivity index (χ2n) is 8.47. The van der Waals surface area contributed by atoms with Crippen LogP contribution in [0.4, 0.5) is 23.0 Å². The Morgan fingerprint density at radius 3 is 2.68 bits per heavy atom. The SMILES string of the molecule is C=CC(=O)Nc1cc(Nc2ncnc(-n3ccc(C)c3/C=C\N=C)n2)c(OC)cc1N(C)CCN(C)C. The van der Waals surface area contributed by atoms with E-state index in [-0.39, 0.29) is 5.91 Å². The van der Waals surface area contributed by atoms with Crippen LogP contribution < -0.4 is 20.3 Å². The van der Waals surface area contributed by atoms with E-state index >= 15 is 0 Å². The van der Waals surface area contributed by atoms with Gasteiger partial charge in [0.2, 0.25) is 17.8 Å². The minimum Gasteiger partial charge on any atom is -0.494 e. The third-order valence-corrected chi connectivity index (χ3v) is 5.55. The molecule has 0 fully saturated rings. The maximum absolute atomic E-state index is 12.2. The third kappa shape index (κ3) is 6.79. The van der Waals surface area contributed by atoms with E-state index in [4.69, 9.17) is 4.74 Å². The smallest absolute Gasteiger partial charge is 0.247 e. The van der Waals surface area contributed by atoms with Gasteiger partial charge in [-0.25, -0.2) is 9.97 Å². The van der Waals surface area contributed by atoms with Crippen LogP contribution in [0.25, 0.3) is 12.0 Å². The largest absolute Gasteiger partial charge is 0.494 e. The number of amides is 1. The maximum atomic E-state index is 12.2. The summed E-state index contributed by atoms with van der Waals surface area (Å²) < 4.78 is 7.50. The molecule has 0 aliphatic rings. The molecule has 0 saturated carbocycles. The summed E-state index contributed by atoms with van der Waals surface area (Å²) >= 11 is 0. The van der Waals surface area contributed by atoms with E-state index < -0.39 is 0 Å². The van der Waals surface area contributed by atoms with Gasteiger partial charge in [0.25, 0.3) is 0 Å². The Kier molecular flexibility index (Phi) is 9.11. The number of nitrogens with one attached hydrogen (secondary N) is 2. The highest BCUT2D eigenvalue weighted by Gasteiger charge is 2.17. The Hall–Kier alpha value is -4.51. The zero-order valence-corrected chi connectivity index (χ0v) is 21.9. The van der Waals surface area contributed by atoms with Gasteiger partial charge in [0.15, 0.2) is 0 Å². The molecule has 1 amide bonds. The minimum atomic E-state index is -0.321. The van der Waals surface area contributed by atoms with Crippen molar-refractivity contribution in [3.8, 4) is 11.7 Å². The van der Waals surface area contributed by atoms with Crippen LogP contribution in [0.1, 0.15) is 11.3 Å². The van der Waals surface area contributed by atoms with E-state index in [2.05, 4.69) is 48.8 Å². The molecule has 3 aromatic rings. The highest BCUT2D eigenvalue weighted by molar-refractivity contribution is 6.02. The lowest BCUT2D eigenvalue weighted by atomic mass is 10.2. The van der Waals surface area contributed by atoms with Crippen LogP contribution in [0, 0.1) is 6.92 Å². The average Bonchev–Trinajstić information content (AvgIpc) is 3.26. The Morgan fingerprint density at radius 2 is 2.00 bits per heavy atom. The van der Waals surface area contributed by atoms with Crippen molar-refractivity contribution in [3.05, 3.63) is 60.8 Å². The fourth-order valence-corrected chi connectivity index (χ4v) is 3.54. The quantitative estimate of drug-likeness (QED) is 0.285. The summed E-state index contributed by atoms with van der Waals surface area (Å²) in [6, 6.07) is 5.61. The van der Waals surface area contributed by atoms with E-state index in [1.54, 1.807) is 19.4 Å². The van der Waals surface area contributed by atoms with Crippen LogP contribution in [0.3, 0.4) is 0 Å². The number of benzene rings is 1. The highest BCUT2D eigenvalue weighted by atomic mass is 16.5. The molecule has 1 aromatic carbocycles. The molecular formula is C26H33N9O2. The number of carbonyl (C=O) groups excluding carboxylic acids is 1. The van der Waals surface area contributed by atoms with Gasteiger partial charge in [-0.3, -0.25) is 14.4 Å². The highest BCUT2D eigenvalue weighted by Crippen LogP contribution is 2.37. The summed E-state index contributed by atoms with van der Waals surface area (Å²) in [5.41, 5.74) is 3.87. The number of aromatic nitrogens is 4. The molecule has 2 heterocycles. The summed E-state index contributed by atoms with van der Waals surface area (Å²) in [6.07, 6.45) is 7.98.